The Bertz CT molecular complexity index is 928. The van der Waals surface area contributed by atoms with Crippen LogP contribution in [0.15, 0.2) is 41.3 Å². The predicted molar refractivity (Wildman–Crippen MR) is 88.7 cm³/mol. The van der Waals surface area contributed by atoms with E-state index in [4.69, 9.17) is 0 Å². The van der Waals surface area contributed by atoms with E-state index in [2.05, 4.69) is 15.4 Å². The number of halogens is 1. The Kier molecular flexibility index (Phi) is 4.02. The number of carbonyl (C=O) groups excluding carboxylic acids is 1. The normalized spacial score (nSPS) is 18.4. The van der Waals surface area contributed by atoms with Crippen molar-refractivity contribution in [3.63, 3.8) is 0 Å². The number of amides is 1. The van der Waals surface area contributed by atoms with E-state index in [-0.39, 0.29) is 10.6 Å². The summed E-state index contributed by atoms with van der Waals surface area (Å²) in [4.78, 5) is 12.3. The molecule has 3 rings (SSSR count). The van der Waals surface area contributed by atoms with Crippen LogP contribution >= 0.6 is 0 Å². The van der Waals surface area contributed by atoms with E-state index < -0.39 is 27.9 Å². The third-order valence-corrected chi connectivity index (χ3v) is 5.19. The molecule has 1 unspecified atom stereocenters. The van der Waals surface area contributed by atoms with Crippen molar-refractivity contribution in [3.05, 3.63) is 53.3 Å². The molecule has 1 aliphatic heterocycles. The van der Waals surface area contributed by atoms with Crippen molar-refractivity contribution in [2.45, 2.75) is 24.9 Å². The summed E-state index contributed by atoms with van der Waals surface area (Å²) in [6, 6.07) is 8.73. The van der Waals surface area contributed by atoms with Gasteiger partial charge in [-0.3, -0.25) is 4.79 Å². The Balaban J connectivity index is 1.87. The molecule has 0 saturated heterocycles. The number of nitrogens with one attached hydrogen (secondary N) is 3. The van der Waals surface area contributed by atoms with Crippen LogP contribution in [-0.2, 0) is 14.8 Å². The van der Waals surface area contributed by atoms with Crippen LogP contribution in [0.25, 0.3) is 0 Å². The maximum atomic E-state index is 13.4. The van der Waals surface area contributed by atoms with E-state index in [9.17, 15) is 17.6 Å². The SMILES string of the molecule is Cc1ccc(NC(=O)C2Nc3cc(F)ccc3S(=O)(=O)N2)c(C)c1. The number of anilines is 2. The van der Waals surface area contributed by atoms with Crippen molar-refractivity contribution in [1.82, 2.24) is 4.72 Å². The van der Waals surface area contributed by atoms with Gasteiger partial charge in [-0.05, 0) is 43.7 Å². The van der Waals surface area contributed by atoms with Crippen molar-refractivity contribution in [2.24, 2.45) is 0 Å². The molecule has 24 heavy (non-hydrogen) atoms. The van der Waals surface area contributed by atoms with E-state index in [1.807, 2.05) is 26.0 Å². The van der Waals surface area contributed by atoms with Crippen LogP contribution in [0.1, 0.15) is 11.1 Å². The molecular formula is C16H16FN3O3S. The third-order valence-electron chi connectivity index (χ3n) is 3.71. The van der Waals surface area contributed by atoms with Crippen molar-refractivity contribution >= 4 is 27.3 Å². The monoisotopic (exact) mass is 349 g/mol. The smallest absolute Gasteiger partial charge is 0.262 e. The van der Waals surface area contributed by atoms with Crippen molar-refractivity contribution in [1.29, 1.82) is 0 Å². The Morgan fingerprint density at radius 3 is 2.62 bits per heavy atom. The van der Waals surface area contributed by atoms with Crippen LogP contribution in [-0.4, -0.2) is 20.5 Å². The lowest BCUT2D eigenvalue weighted by Gasteiger charge is -2.27. The maximum Gasteiger partial charge on any atom is 0.262 e. The highest BCUT2D eigenvalue weighted by molar-refractivity contribution is 7.89. The van der Waals surface area contributed by atoms with Gasteiger partial charge in [-0.25, -0.2) is 12.8 Å². The number of sulfonamides is 1. The molecule has 2 aromatic rings. The quantitative estimate of drug-likeness (QED) is 0.775. The molecule has 0 saturated carbocycles. The Morgan fingerprint density at radius 1 is 1.17 bits per heavy atom. The molecule has 3 N–H and O–H groups in total. The molecule has 1 aliphatic rings. The van der Waals surface area contributed by atoms with Gasteiger partial charge in [-0.1, -0.05) is 17.7 Å². The number of benzene rings is 2. The van der Waals surface area contributed by atoms with Gasteiger partial charge in [0.15, 0.2) is 6.17 Å². The number of aryl methyl sites for hydroxylation is 2. The maximum absolute atomic E-state index is 13.4. The summed E-state index contributed by atoms with van der Waals surface area (Å²) < 4.78 is 40.0. The molecule has 1 atom stereocenters. The van der Waals surface area contributed by atoms with Crippen LogP contribution < -0.4 is 15.4 Å². The fourth-order valence-corrected chi connectivity index (χ4v) is 3.79. The minimum atomic E-state index is -3.90. The van der Waals surface area contributed by atoms with Crippen molar-refractivity contribution in [3.8, 4) is 0 Å². The lowest BCUT2D eigenvalue weighted by molar-refractivity contribution is -0.117. The highest BCUT2D eigenvalue weighted by Gasteiger charge is 2.33. The average molecular weight is 349 g/mol. The molecular weight excluding hydrogens is 333 g/mol. The van der Waals surface area contributed by atoms with Gasteiger partial charge >= 0.3 is 0 Å². The zero-order valence-electron chi connectivity index (χ0n) is 13.1. The second-order valence-corrected chi connectivity index (χ2v) is 7.33. The summed E-state index contributed by atoms with van der Waals surface area (Å²) in [7, 11) is -3.90. The zero-order valence-corrected chi connectivity index (χ0v) is 13.9. The summed E-state index contributed by atoms with van der Waals surface area (Å²) in [6.45, 7) is 3.77. The molecule has 1 amide bonds. The van der Waals surface area contributed by atoms with Gasteiger partial charge in [0, 0.05) is 5.69 Å². The first-order chi connectivity index (χ1) is 11.3. The lowest BCUT2D eigenvalue weighted by atomic mass is 10.1. The molecule has 8 heteroatoms. The molecule has 6 nitrogen and oxygen atoms in total. The first kappa shape index (κ1) is 16.4. The van der Waals surface area contributed by atoms with Crippen LogP contribution in [0.3, 0.4) is 0 Å². The highest BCUT2D eigenvalue weighted by Crippen LogP contribution is 2.27. The zero-order chi connectivity index (χ0) is 17.5. The summed E-state index contributed by atoms with van der Waals surface area (Å²) >= 11 is 0. The first-order valence-electron chi connectivity index (χ1n) is 7.23. The van der Waals surface area contributed by atoms with Crippen molar-refractivity contribution in [2.75, 3.05) is 10.6 Å². The summed E-state index contributed by atoms with van der Waals surface area (Å²) in [5, 5.41) is 5.37. The number of hydrogen-bond donors (Lipinski definition) is 3. The molecule has 1 heterocycles. The fraction of sp³-hybridized carbons (Fsp3) is 0.188. The van der Waals surface area contributed by atoms with Crippen LogP contribution in [0.2, 0.25) is 0 Å². The van der Waals surface area contributed by atoms with Crippen LogP contribution in [0.4, 0.5) is 15.8 Å². The standard InChI is InChI=1S/C16H16FN3O3S/c1-9-3-5-12(10(2)7-9)19-16(21)15-18-13-8-11(17)4-6-14(13)24(22,23)20-15/h3-8,15,18,20H,1-2H3,(H,19,21). The molecule has 126 valence electrons. The first-order valence-corrected chi connectivity index (χ1v) is 8.71. The molecule has 0 bridgehead atoms. The van der Waals surface area contributed by atoms with E-state index >= 15 is 0 Å². The molecule has 0 fully saturated rings. The van der Waals surface area contributed by atoms with Crippen molar-refractivity contribution < 1.29 is 17.6 Å². The van der Waals surface area contributed by atoms with Crippen LogP contribution in [0.5, 0.6) is 0 Å². The number of carbonyl (C=O) groups is 1. The number of rotatable bonds is 2. The van der Waals surface area contributed by atoms with E-state index in [1.165, 1.54) is 0 Å². The van der Waals surface area contributed by atoms with Gasteiger partial charge in [0.2, 0.25) is 10.0 Å². The van der Waals surface area contributed by atoms with Gasteiger partial charge in [-0.2, -0.15) is 4.72 Å². The fourth-order valence-electron chi connectivity index (χ4n) is 2.53. The van der Waals surface area contributed by atoms with E-state index in [1.54, 1.807) is 6.07 Å². The Labute approximate surface area is 139 Å². The number of hydrogen-bond acceptors (Lipinski definition) is 4. The minimum absolute atomic E-state index is 0.0505. The molecule has 0 aromatic heterocycles. The van der Waals surface area contributed by atoms with Gasteiger partial charge in [0.1, 0.15) is 10.7 Å². The lowest BCUT2D eigenvalue weighted by Crippen LogP contribution is -2.51. The highest BCUT2D eigenvalue weighted by atomic mass is 32.2. The summed E-state index contributed by atoms with van der Waals surface area (Å²) in [5.41, 5.74) is 2.53. The Hall–Kier alpha value is -2.45. The molecule has 2 aromatic carbocycles. The van der Waals surface area contributed by atoms with E-state index in [0.717, 1.165) is 29.3 Å². The van der Waals surface area contributed by atoms with Gasteiger partial charge in [0.05, 0.1) is 5.69 Å². The second-order valence-electron chi connectivity index (χ2n) is 5.65. The van der Waals surface area contributed by atoms with E-state index in [0.29, 0.717) is 5.69 Å². The van der Waals surface area contributed by atoms with Gasteiger partial charge < -0.3 is 10.6 Å². The third kappa shape index (κ3) is 3.10. The topological polar surface area (TPSA) is 87.3 Å². The van der Waals surface area contributed by atoms with Crippen LogP contribution in [0, 0.1) is 19.7 Å². The summed E-state index contributed by atoms with van der Waals surface area (Å²) in [5.74, 6) is -1.17. The molecule has 0 spiro atoms. The largest absolute Gasteiger partial charge is 0.360 e. The average Bonchev–Trinajstić information content (AvgIpc) is 2.48. The summed E-state index contributed by atoms with van der Waals surface area (Å²) in [6.07, 6.45) is -1.23. The molecule has 0 radical (unpaired) electrons. The van der Waals surface area contributed by atoms with Gasteiger partial charge in [-0.15, -0.1) is 0 Å². The minimum Gasteiger partial charge on any atom is -0.360 e. The number of fused-ring (bicyclic) bond motifs is 1. The predicted octanol–water partition coefficient (Wildman–Crippen LogP) is 2.11. The second kappa shape index (κ2) is 5.88. The Morgan fingerprint density at radius 2 is 1.92 bits per heavy atom. The molecule has 0 aliphatic carbocycles. The van der Waals surface area contributed by atoms with Gasteiger partial charge in [0.25, 0.3) is 5.91 Å².